The number of halogens is 2. The van der Waals surface area contributed by atoms with Crippen molar-refractivity contribution < 1.29 is 16.3 Å². The lowest BCUT2D eigenvalue weighted by Crippen LogP contribution is -2.15. The van der Waals surface area contributed by atoms with Crippen molar-refractivity contribution >= 4 is 23.2 Å². The Hall–Kier alpha value is -1.98. The SMILES string of the molecule is CC[C@@H](N)c1ccc(Cl)c(C(=O)c2ccc(N)nc2)c1F.[HH].[HH].[HH].[HH].[HH]. The smallest absolute Gasteiger partial charge is 0.199 e. The maximum absolute atomic E-state index is 14.6. The molecule has 2 rings (SSSR count). The van der Waals surface area contributed by atoms with Gasteiger partial charge in [-0.3, -0.25) is 4.79 Å². The second kappa shape index (κ2) is 6.20. The van der Waals surface area contributed by atoms with E-state index in [2.05, 4.69) is 4.98 Å². The molecule has 2 aromatic rings. The van der Waals surface area contributed by atoms with E-state index >= 15 is 0 Å². The molecule has 0 spiro atoms. The van der Waals surface area contributed by atoms with E-state index in [1.165, 1.54) is 30.5 Å². The van der Waals surface area contributed by atoms with Gasteiger partial charge in [-0.15, -0.1) is 0 Å². The highest BCUT2D eigenvalue weighted by molar-refractivity contribution is 6.35. The topological polar surface area (TPSA) is 82.0 Å². The summed E-state index contributed by atoms with van der Waals surface area (Å²) in [7, 11) is 0. The van der Waals surface area contributed by atoms with Gasteiger partial charge in [0.15, 0.2) is 5.78 Å². The number of aromatic nitrogens is 1. The lowest BCUT2D eigenvalue weighted by Gasteiger charge is -2.14. The molecule has 0 aliphatic heterocycles. The minimum absolute atomic E-state index is 0. The summed E-state index contributed by atoms with van der Waals surface area (Å²) in [5, 5.41) is 0.0429. The van der Waals surface area contributed by atoms with Gasteiger partial charge in [0.1, 0.15) is 11.6 Å². The van der Waals surface area contributed by atoms with Gasteiger partial charge in [-0.1, -0.05) is 24.6 Å². The molecule has 4 N–H and O–H groups in total. The van der Waals surface area contributed by atoms with Crippen molar-refractivity contribution in [1.82, 2.24) is 4.98 Å². The van der Waals surface area contributed by atoms with Gasteiger partial charge >= 0.3 is 0 Å². The Balaban J connectivity index is -0.000000484. The number of carbonyl (C=O) groups excluding carboxylic acids is 1. The summed E-state index contributed by atoms with van der Waals surface area (Å²) in [6.07, 6.45) is 1.84. The van der Waals surface area contributed by atoms with Crippen LogP contribution in [0.1, 0.15) is 48.0 Å². The molecular weight excluding hydrogens is 293 g/mol. The minimum Gasteiger partial charge on any atom is -0.384 e. The van der Waals surface area contributed by atoms with Crippen LogP contribution in [0.15, 0.2) is 30.5 Å². The van der Waals surface area contributed by atoms with E-state index in [0.717, 1.165) is 0 Å². The van der Waals surface area contributed by atoms with Crippen LogP contribution >= 0.6 is 11.6 Å². The fraction of sp³-hybridized carbons (Fsp3) is 0.200. The number of rotatable bonds is 4. The Morgan fingerprint density at radius 1 is 1.43 bits per heavy atom. The lowest BCUT2D eigenvalue weighted by molar-refractivity contribution is 0.103. The van der Waals surface area contributed by atoms with Crippen LogP contribution in [0.5, 0.6) is 0 Å². The Bertz CT molecular complexity index is 692. The second-order valence-corrected chi connectivity index (χ2v) is 5.05. The molecule has 0 fully saturated rings. The molecule has 4 nitrogen and oxygen atoms in total. The molecule has 1 aromatic heterocycles. The average molecular weight is 318 g/mol. The number of carbonyl (C=O) groups is 1. The highest BCUT2D eigenvalue weighted by Gasteiger charge is 2.22. The van der Waals surface area contributed by atoms with E-state index in [1.807, 2.05) is 6.92 Å². The molecular formula is C15H25ClFN3O. The van der Waals surface area contributed by atoms with E-state index < -0.39 is 17.6 Å². The largest absolute Gasteiger partial charge is 0.384 e. The maximum atomic E-state index is 14.6. The molecule has 1 atom stereocenters. The quantitative estimate of drug-likeness (QED) is 0.822. The molecule has 1 heterocycles. The van der Waals surface area contributed by atoms with Gasteiger partial charge in [-0.2, -0.15) is 0 Å². The fourth-order valence-electron chi connectivity index (χ4n) is 1.97. The van der Waals surface area contributed by atoms with Gasteiger partial charge in [0.2, 0.25) is 0 Å². The number of hydrogen-bond acceptors (Lipinski definition) is 4. The number of anilines is 1. The van der Waals surface area contributed by atoms with Crippen LogP contribution in [-0.2, 0) is 0 Å². The Morgan fingerprint density at radius 2 is 2.14 bits per heavy atom. The number of hydrogen-bond donors (Lipinski definition) is 2. The third kappa shape index (κ3) is 3.04. The van der Waals surface area contributed by atoms with E-state index in [1.54, 1.807) is 0 Å². The third-order valence-corrected chi connectivity index (χ3v) is 3.55. The Kier molecular flexibility index (Phi) is 4.55. The molecule has 0 aliphatic rings. The zero-order chi connectivity index (χ0) is 15.6. The molecule has 0 saturated heterocycles. The van der Waals surface area contributed by atoms with Crippen molar-refractivity contribution in [3.05, 3.63) is 58.0 Å². The van der Waals surface area contributed by atoms with Crippen molar-refractivity contribution in [1.29, 1.82) is 0 Å². The summed E-state index contributed by atoms with van der Waals surface area (Å²) >= 11 is 5.98. The first kappa shape index (κ1) is 15.4. The molecule has 0 bridgehead atoms. The first-order chi connectivity index (χ1) is 9.95. The molecule has 0 amide bonds. The average Bonchev–Trinajstić information content (AvgIpc) is 2.47. The highest BCUT2D eigenvalue weighted by Crippen LogP contribution is 2.28. The summed E-state index contributed by atoms with van der Waals surface area (Å²) in [5.74, 6) is -0.950. The molecule has 0 radical (unpaired) electrons. The van der Waals surface area contributed by atoms with Crippen molar-refractivity contribution in [2.75, 3.05) is 5.73 Å². The van der Waals surface area contributed by atoms with Crippen LogP contribution in [-0.4, -0.2) is 10.8 Å². The molecule has 120 valence electrons. The van der Waals surface area contributed by atoms with Gasteiger partial charge in [0.25, 0.3) is 0 Å². The van der Waals surface area contributed by atoms with Crippen molar-refractivity contribution in [2.24, 2.45) is 5.73 Å². The van der Waals surface area contributed by atoms with Gasteiger partial charge in [-0.25, -0.2) is 9.37 Å². The number of nitrogens with zero attached hydrogens (tertiary/aromatic N) is 1. The predicted octanol–water partition coefficient (Wildman–Crippen LogP) is 4.33. The molecule has 0 aliphatic carbocycles. The molecule has 0 saturated carbocycles. The molecule has 1 aromatic carbocycles. The van der Waals surface area contributed by atoms with Gasteiger partial charge in [-0.05, 0) is 24.6 Å². The number of benzene rings is 1. The first-order valence-electron chi connectivity index (χ1n) is 6.45. The summed E-state index contributed by atoms with van der Waals surface area (Å²) in [5.41, 5.74) is 11.6. The molecule has 21 heavy (non-hydrogen) atoms. The Labute approximate surface area is 134 Å². The van der Waals surface area contributed by atoms with Crippen LogP contribution in [0.2, 0.25) is 5.02 Å². The summed E-state index contributed by atoms with van der Waals surface area (Å²) < 4.78 is 14.6. The second-order valence-electron chi connectivity index (χ2n) is 4.64. The van der Waals surface area contributed by atoms with Crippen LogP contribution in [0, 0.1) is 5.82 Å². The minimum atomic E-state index is -0.682. The maximum Gasteiger partial charge on any atom is 0.199 e. The van der Waals surface area contributed by atoms with Crippen LogP contribution in [0.4, 0.5) is 10.2 Å². The van der Waals surface area contributed by atoms with E-state index in [0.29, 0.717) is 6.42 Å². The number of ketones is 1. The van der Waals surface area contributed by atoms with Crippen LogP contribution < -0.4 is 11.5 Å². The molecule has 0 unspecified atom stereocenters. The summed E-state index contributed by atoms with van der Waals surface area (Å²) in [4.78, 5) is 16.2. The van der Waals surface area contributed by atoms with Gasteiger partial charge in [0, 0.05) is 30.5 Å². The normalized spacial score (nSPS) is 12.2. The van der Waals surface area contributed by atoms with Crippen LogP contribution in [0.3, 0.4) is 0 Å². The van der Waals surface area contributed by atoms with Crippen molar-refractivity contribution in [2.45, 2.75) is 19.4 Å². The third-order valence-electron chi connectivity index (χ3n) is 3.24. The zero-order valence-electron chi connectivity index (χ0n) is 11.4. The standard InChI is InChI=1S/C15H15ClFN3O.5H2/c1-2-11(18)9-4-5-10(16)13(14(9)17)15(21)8-3-6-12(19)20-7-8;;;;;/h3-7,11H,2,18H2,1H3,(H2,19,20);5*1H/t11-;;;;;/m1...../s1. The molecule has 6 heteroatoms. The van der Waals surface area contributed by atoms with E-state index in [4.69, 9.17) is 23.1 Å². The lowest BCUT2D eigenvalue weighted by atomic mass is 9.97. The van der Waals surface area contributed by atoms with Gasteiger partial charge in [0.05, 0.1) is 10.6 Å². The van der Waals surface area contributed by atoms with Crippen molar-refractivity contribution in [3.63, 3.8) is 0 Å². The summed E-state index contributed by atoms with van der Waals surface area (Å²) in [6, 6.07) is 5.45. The predicted molar refractivity (Wildman–Crippen MR) is 91.3 cm³/mol. The number of nitrogens with two attached hydrogens (primary N) is 2. The monoisotopic (exact) mass is 317 g/mol. The zero-order valence-corrected chi connectivity index (χ0v) is 12.2. The Morgan fingerprint density at radius 3 is 2.71 bits per heavy atom. The highest BCUT2D eigenvalue weighted by atomic mass is 35.5. The van der Waals surface area contributed by atoms with Crippen LogP contribution in [0.25, 0.3) is 0 Å². The fourth-order valence-corrected chi connectivity index (χ4v) is 2.20. The van der Waals surface area contributed by atoms with Gasteiger partial charge < -0.3 is 11.5 Å². The van der Waals surface area contributed by atoms with E-state index in [9.17, 15) is 9.18 Å². The van der Waals surface area contributed by atoms with E-state index in [-0.39, 0.29) is 34.7 Å². The first-order valence-corrected chi connectivity index (χ1v) is 6.83. The summed E-state index contributed by atoms with van der Waals surface area (Å²) in [6.45, 7) is 1.84. The van der Waals surface area contributed by atoms with Crippen molar-refractivity contribution in [3.8, 4) is 0 Å². The number of pyridine rings is 1. The number of nitrogen functional groups attached to an aromatic ring is 1.